The summed E-state index contributed by atoms with van der Waals surface area (Å²) in [6.07, 6.45) is 0. The highest BCUT2D eigenvalue weighted by Crippen LogP contribution is 2.21. The lowest BCUT2D eigenvalue weighted by Crippen LogP contribution is -2.13. The van der Waals surface area contributed by atoms with Crippen molar-refractivity contribution in [2.45, 2.75) is 11.1 Å². The monoisotopic (exact) mass is 430 g/mol. The van der Waals surface area contributed by atoms with Crippen LogP contribution >= 0.6 is 11.3 Å². The summed E-state index contributed by atoms with van der Waals surface area (Å²) in [5.74, 6) is -0.785. The zero-order chi connectivity index (χ0) is 20.9. The second kappa shape index (κ2) is 8.89. The maximum atomic E-state index is 12.4. The van der Waals surface area contributed by atoms with Crippen LogP contribution in [0.2, 0.25) is 0 Å². The number of carbonyl (C=O) groups is 2. The summed E-state index contributed by atoms with van der Waals surface area (Å²) in [5.41, 5.74) is 1.63. The molecule has 0 spiro atoms. The highest BCUT2D eigenvalue weighted by atomic mass is 32.2. The molecular formula is C20H18N2O5S2. The van der Waals surface area contributed by atoms with E-state index in [9.17, 15) is 18.0 Å². The fourth-order valence-corrected chi connectivity index (χ4v) is 4.47. The summed E-state index contributed by atoms with van der Waals surface area (Å²) in [6, 6.07) is 15.6. The van der Waals surface area contributed by atoms with Gasteiger partial charge in [-0.1, -0.05) is 6.07 Å². The molecular weight excluding hydrogens is 412 g/mol. The van der Waals surface area contributed by atoms with Crippen molar-refractivity contribution in [3.63, 3.8) is 0 Å². The standard InChI is InChI=1S/C20H18N2O5S2/c1-2-27-20(24)15-7-9-16(10-8-15)21-19(23)14-5-11-17(12-6-14)22-29(25,26)18-4-3-13-28-18/h3-13,22H,2H2,1H3,(H,21,23). The van der Waals surface area contributed by atoms with Gasteiger partial charge in [0.2, 0.25) is 0 Å². The van der Waals surface area contributed by atoms with Crippen molar-refractivity contribution in [3.05, 3.63) is 77.2 Å². The Kier molecular flexibility index (Phi) is 6.30. The average molecular weight is 431 g/mol. The predicted molar refractivity (Wildman–Crippen MR) is 112 cm³/mol. The molecule has 3 aromatic rings. The second-order valence-electron chi connectivity index (χ2n) is 5.87. The van der Waals surface area contributed by atoms with Crippen LogP contribution in [0.3, 0.4) is 0 Å². The minimum atomic E-state index is -3.64. The number of hydrogen-bond donors (Lipinski definition) is 2. The smallest absolute Gasteiger partial charge is 0.338 e. The van der Waals surface area contributed by atoms with Gasteiger partial charge in [0.25, 0.3) is 15.9 Å². The molecule has 3 rings (SSSR count). The largest absolute Gasteiger partial charge is 0.462 e. The molecule has 0 bridgehead atoms. The van der Waals surface area contributed by atoms with Gasteiger partial charge in [-0.05, 0) is 66.9 Å². The third kappa shape index (κ3) is 5.21. The maximum absolute atomic E-state index is 12.4. The number of esters is 1. The van der Waals surface area contributed by atoms with Gasteiger partial charge < -0.3 is 10.1 Å². The van der Waals surface area contributed by atoms with Crippen LogP contribution in [0.15, 0.2) is 70.3 Å². The quantitative estimate of drug-likeness (QED) is 0.552. The zero-order valence-corrected chi connectivity index (χ0v) is 17.0. The summed E-state index contributed by atoms with van der Waals surface area (Å²) in [7, 11) is -3.64. The molecule has 0 fully saturated rings. The molecule has 29 heavy (non-hydrogen) atoms. The second-order valence-corrected chi connectivity index (χ2v) is 8.72. The highest BCUT2D eigenvalue weighted by Gasteiger charge is 2.15. The van der Waals surface area contributed by atoms with Crippen molar-refractivity contribution < 1.29 is 22.7 Å². The Balaban J connectivity index is 1.64. The van der Waals surface area contributed by atoms with Crippen molar-refractivity contribution >= 4 is 44.6 Å². The molecule has 0 radical (unpaired) electrons. The first-order chi connectivity index (χ1) is 13.9. The van der Waals surface area contributed by atoms with Crippen molar-refractivity contribution in [2.24, 2.45) is 0 Å². The van der Waals surface area contributed by atoms with E-state index in [2.05, 4.69) is 10.0 Å². The van der Waals surface area contributed by atoms with Crippen LogP contribution < -0.4 is 10.0 Å². The number of nitrogens with one attached hydrogen (secondary N) is 2. The van der Waals surface area contributed by atoms with E-state index in [1.165, 1.54) is 30.3 Å². The molecule has 0 saturated carbocycles. The van der Waals surface area contributed by atoms with Crippen LogP contribution in [-0.2, 0) is 14.8 Å². The molecule has 0 aliphatic rings. The number of amides is 1. The first-order valence-corrected chi connectivity index (χ1v) is 11.0. The van der Waals surface area contributed by atoms with Crippen LogP contribution in [-0.4, -0.2) is 26.9 Å². The molecule has 2 aromatic carbocycles. The molecule has 1 heterocycles. The summed E-state index contributed by atoms with van der Waals surface area (Å²) in [5, 5.41) is 4.40. The van der Waals surface area contributed by atoms with Gasteiger partial charge in [-0.25, -0.2) is 13.2 Å². The Bertz CT molecular complexity index is 1090. The lowest BCUT2D eigenvalue weighted by atomic mass is 10.1. The van der Waals surface area contributed by atoms with E-state index in [-0.39, 0.29) is 16.7 Å². The van der Waals surface area contributed by atoms with Gasteiger partial charge in [-0.2, -0.15) is 0 Å². The molecule has 0 aliphatic heterocycles. The van der Waals surface area contributed by atoms with Crippen molar-refractivity contribution in [3.8, 4) is 0 Å². The number of rotatable bonds is 7. The van der Waals surface area contributed by atoms with Gasteiger partial charge in [0.15, 0.2) is 0 Å². The molecule has 150 valence electrons. The Morgan fingerprint density at radius 3 is 2.14 bits per heavy atom. The number of benzene rings is 2. The van der Waals surface area contributed by atoms with E-state index in [1.54, 1.807) is 42.6 Å². The Labute approximate surface area is 172 Å². The molecule has 0 aliphatic carbocycles. The van der Waals surface area contributed by atoms with E-state index in [0.717, 1.165) is 11.3 Å². The van der Waals surface area contributed by atoms with E-state index in [4.69, 9.17) is 4.74 Å². The fraction of sp³-hybridized carbons (Fsp3) is 0.100. The average Bonchev–Trinajstić information content (AvgIpc) is 3.25. The minimum Gasteiger partial charge on any atom is -0.462 e. The lowest BCUT2D eigenvalue weighted by molar-refractivity contribution is 0.0526. The molecule has 1 aromatic heterocycles. The summed E-state index contributed by atoms with van der Waals surface area (Å²) in [6.45, 7) is 2.02. The highest BCUT2D eigenvalue weighted by molar-refractivity contribution is 7.94. The molecule has 0 saturated heterocycles. The van der Waals surface area contributed by atoms with Gasteiger partial charge in [0.05, 0.1) is 12.2 Å². The number of ether oxygens (including phenoxy) is 1. The molecule has 2 N–H and O–H groups in total. The van der Waals surface area contributed by atoms with Gasteiger partial charge >= 0.3 is 5.97 Å². The van der Waals surface area contributed by atoms with E-state index in [1.807, 2.05) is 0 Å². The SMILES string of the molecule is CCOC(=O)c1ccc(NC(=O)c2ccc(NS(=O)(=O)c3cccs3)cc2)cc1. The van der Waals surface area contributed by atoms with Gasteiger partial charge in [-0.15, -0.1) is 11.3 Å². The van der Waals surface area contributed by atoms with Crippen LogP contribution in [0, 0.1) is 0 Å². The minimum absolute atomic E-state index is 0.214. The van der Waals surface area contributed by atoms with Gasteiger partial charge in [0.1, 0.15) is 4.21 Å². The molecule has 7 nitrogen and oxygen atoms in total. The molecule has 9 heteroatoms. The van der Waals surface area contributed by atoms with E-state index >= 15 is 0 Å². The maximum Gasteiger partial charge on any atom is 0.338 e. The number of carbonyl (C=O) groups excluding carboxylic acids is 2. The Morgan fingerprint density at radius 1 is 0.931 bits per heavy atom. The van der Waals surface area contributed by atoms with Gasteiger partial charge in [-0.3, -0.25) is 9.52 Å². The Hall–Kier alpha value is -3.17. The van der Waals surface area contributed by atoms with Gasteiger partial charge in [0, 0.05) is 16.9 Å². The Morgan fingerprint density at radius 2 is 1.55 bits per heavy atom. The normalized spacial score (nSPS) is 10.9. The lowest BCUT2D eigenvalue weighted by Gasteiger charge is -2.09. The van der Waals surface area contributed by atoms with Crippen molar-refractivity contribution in [1.82, 2.24) is 0 Å². The van der Waals surface area contributed by atoms with Crippen LogP contribution in [0.1, 0.15) is 27.6 Å². The fourth-order valence-electron chi connectivity index (χ4n) is 2.42. The van der Waals surface area contributed by atoms with Crippen LogP contribution in [0.5, 0.6) is 0 Å². The summed E-state index contributed by atoms with van der Waals surface area (Å²) >= 11 is 1.12. The number of anilines is 2. The number of thiophene rings is 1. The number of sulfonamides is 1. The zero-order valence-electron chi connectivity index (χ0n) is 15.4. The van der Waals surface area contributed by atoms with Crippen molar-refractivity contribution in [2.75, 3.05) is 16.6 Å². The number of hydrogen-bond acceptors (Lipinski definition) is 6. The summed E-state index contributed by atoms with van der Waals surface area (Å²) < 4.78 is 32.0. The first-order valence-electron chi connectivity index (χ1n) is 8.64. The molecule has 1 amide bonds. The van der Waals surface area contributed by atoms with E-state index < -0.39 is 16.0 Å². The topological polar surface area (TPSA) is 102 Å². The van der Waals surface area contributed by atoms with Crippen LogP contribution in [0.4, 0.5) is 11.4 Å². The van der Waals surface area contributed by atoms with E-state index in [0.29, 0.717) is 22.5 Å². The van der Waals surface area contributed by atoms with Crippen molar-refractivity contribution in [1.29, 1.82) is 0 Å². The third-order valence-corrected chi connectivity index (χ3v) is 6.59. The molecule has 0 unspecified atom stereocenters. The van der Waals surface area contributed by atoms with Crippen LogP contribution in [0.25, 0.3) is 0 Å². The molecule has 0 atom stereocenters. The third-order valence-electron chi connectivity index (χ3n) is 3.81. The predicted octanol–water partition coefficient (Wildman–Crippen LogP) is 3.98. The summed E-state index contributed by atoms with van der Waals surface area (Å²) in [4.78, 5) is 24.0. The first kappa shape index (κ1) is 20.6.